The summed E-state index contributed by atoms with van der Waals surface area (Å²) in [6.45, 7) is 1.96. The summed E-state index contributed by atoms with van der Waals surface area (Å²) in [5.74, 6) is 0.361. The summed E-state index contributed by atoms with van der Waals surface area (Å²) in [5.41, 5.74) is 2.60. The molecule has 0 fully saturated rings. The van der Waals surface area contributed by atoms with E-state index < -0.39 is 0 Å². The predicted molar refractivity (Wildman–Crippen MR) is 128 cm³/mol. The minimum absolute atomic E-state index is 0.129. The van der Waals surface area contributed by atoms with Gasteiger partial charge < -0.3 is 10.6 Å². The summed E-state index contributed by atoms with van der Waals surface area (Å²) in [4.78, 5) is 30.9. The first-order valence-electron chi connectivity index (χ1n) is 9.90. The van der Waals surface area contributed by atoms with Gasteiger partial charge in [0.05, 0.1) is 17.0 Å². The number of carbonyl (C=O) groups is 2. The van der Waals surface area contributed by atoms with Crippen LogP contribution in [-0.2, 0) is 11.2 Å². The molecule has 4 aromatic rings. The van der Waals surface area contributed by atoms with Crippen LogP contribution in [0.2, 0.25) is 0 Å². The molecule has 0 bridgehead atoms. The number of hydrogen-bond acceptors (Lipinski definition) is 6. The average molecular weight is 464 g/mol. The maximum atomic E-state index is 12.7. The number of aromatic nitrogens is 3. The Kier molecular flexibility index (Phi) is 6.98. The van der Waals surface area contributed by atoms with Gasteiger partial charge in [-0.25, -0.2) is 4.98 Å². The molecule has 0 aliphatic rings. The van der Waals surface area contributed by atoms with Crippen molar-refractivity contribution in [3.8, 4) is 0 Å². The number of H-pyrrole nitrogens is 1. The number of anilines is 2. The molecule has 0 atom stereocenters. The standard InChI is InChI=1S/C23H21N5O2S2/c1-15-6-4-7-16(12-15)24-22(30)18-9-2-3-10-19(18)25-21(29)14-32-23-26-20(27-28-23)13-17-8-5-11-31-17/h2-12H,13-14H2,1H3,(H,24,30)(H,25,29)(H,26,27,28). The van der Waals surface area contributed by atoms with Crippen LogP contribution in [0.3, 0.4) is 0 Å². The molecular weight excluding hydrogens is 442 g/mol. The Morgan fingerprint density at radius 1 is 1.06 bits per heavy atom. The van der Waals surface area contributed by atoms with E-state index in [1.807, 2.05) is 48.7 Å². The Bertz CT molecular complexity index is 1220. The lowest BCUT2D eigenvalue weighted by atomic mass is 10.1. The number of benzene rings is 2. The second-order valence-corrected chi connectivity index (χ2v) is 9.00. The first-order valence-corrected chi connectivity index (χ1v) is 11.8. The second kappa shape index (κ2) is 10.3. The molecule has 0 aliphatic carbocycles. The Balaban J connectivity index is 1.34. The zero-order valence-electron chi connectivity index (χ0n) is 17.3. The van der Waals surface area contributed by atoms with Crippen molar-refractivity contribution in [2.75, 3.05) is 16.4 Å². The van der Waals surface area contributed by atoms with E-state index in [4.69, 9.17) is 0 Å². The molecule has 162 valence electrons. The van der Waals surface area contributed by atoms with E-state index in [1.54, 1.807) is 35.6 Å². The normalized spacial score (nSPS) is 10.7. The molecular formula is C23H21N5O2S2. The lowest BCUT2D eigenvalue weighted by Gasteiger charge is -2.11. The molecule has 2 amide bonds. The highest BCUT2D eigenvalue weighted by Crippen LogP contribution is 2.20. The first-order chi connectivity index (χ1) is 15.6. The van der Waals surface area contributed by atoms with Crippen LogP contribution in [0.25, 0.3) is 0 Å². The van der Waals surface area contributed by atoms with E-state index in [9.17, 15) is 9.59 Å². The SMILES string of the molecule is Cc1cccc(NC(=O)c2ccccc2NC(=O)CSc2n[nH]c(Cc3cccs3)n2)c1. The van der Waals surface area contributed by atoms with Crippen LogP contribution in [0.1, 0.15) is 26.6 Å². The molecule has 2 aromatic heterocycles. The molecule has 0 saturated heterocycles. The molecule has 9 heteroatoms. The molecule has 0 unspecified atom stereocenters. The Hall–Kier alpha value is -3.43. The van der Waals surface area contributed by atoms with Crippen molar-refractivity contribution in [2.24, 2.45) is 0 Å². The van der Waals surface area contributed by atoms with E-state index in [1.165, 1.54) is 16.6 Å². The smallest absolute Gasteiger partial charge is 0.257 e. The molecule has 0 radical (unpaired) electrons. The van der Waals surface area contributed by atoms with Crippen molar-refractivity contribution in [1.29, 1.82) is 0 Å². The highest BCUT2D eigenvalue weighted by molar-refractivity contribution is 7.99. The van der Waals surface area contributed by atoms with E-state index >= 15 is 0 Å². The summed E-state index contributed by atoms with van der Waals surface area (Å²) in [5, 5.41) is 15.3. The second-order valence-electron chi connectivity index (χ2n) is 7.03. The van der Waals surface area contributed by atoms with E-state index in [0.29, 0.717) is 28.5 Å². The van der Waals surface area contributed by atoms with Gasteiger partial charge in [0.2, 0.25) is 11.1 Å². The summed E-state index contributed by atoms with van der Waals surface area (Å²) in [6.07, 6.45) is 0.681. The lowest BCUT2D eigenvalue weighted by molar-refractivity contribution is -0.113. The molecule has 7 nitrogen and oxygen atoms in total. The number of aromatic amines is 1. The van der Waals surface area contributed by atoms with Gasteiger partial charge in [0.25, 0.3) is 5.91 Å². The van der Waals surface area contributed by atoms with Crippen molar-refractivity contribution < 1.29 is 9.59 Å². The number of aryl methyl sites for hydroxylation is 1. The van der Waals surface area contributed by atoms with Crippen LogP contribution >= 0.6 is 23.1 Å². The van der Waals surface area contributed by atoms with Crippen molar-refractivity contribution in [1.82, 2.24) is 15.2 Å². The summed E-state index contributed by atoms with van der Waals surface area (Å²) >= 11 is 2.90. The maximum Gasteiger partial charge on any atom is 0.257 e. The Morgan fingerprint density at radius 2 is 1.94 bits per heavy atom. The van der Waals surface area contributed by atoms with Gasteiger partial charge in [0, 0.05) is 17.0 Å². The van der Waals surface area contributed by atoms with Crippen LogP contribution in [0, 0.1) is 6.92 Å². The van der Waals surface area contributed by atoms with Crippen LogP contribution in [0.4, 0.5) is 11.4 Å². The molecule has 2 aromatic carbocycles. The van der Waals surface area contributed by atoms with E-state index in [0.717, 1.165) is 11.4 Å². The number of carbonyl (C=O) groups excluding carboxylic acids is 2. The fourth-order valence-electron chi connectivity index (χ4n) is 3.03. The highest BCUT2D eigenvalue weighted by atomic mass is 32.2. The Morgan fingerprint density at radius 3 is 2.75 bits per heavy atom. The monoisotopic (exact) mass is 463 g/mol. The van der Waals surface area contributed by atoms with E-state index in [2.05, 4.69) is 25.8 Å². The number of nitrogens with one attached hydrogen (secondary N) is 3. The van der Waals surface area contributed by atoms with Gasteiger partial charge in [-0.1, -0.05) is 42.1 Å². The largest absolute Gasteiger partial charge is 0.325 e. The summed E-state index contributed by atoms with van der Waals surface area (Å²) in [6, 6.07) is 18.5. The minimum atomic E-state index is -0.286. The average Bonchev–Trinajstić information content (AvgIpc) is 3.45. The predicted octanol–water partition coefficient (Wildman–Crippen LogP) is 4.75. The van der Waals surface area contributed by atoms with Crippen LogP contribution in [0.15, 0.2) is 71.2 Å². The number of thiophene rings is 1. The van der Waals surface area contributed by atoms with Crippen molar-refractivity contribution in [2.45, 2.75) is 18.5 Å². The van der Waals surface area contributed by atoms with Gasteiger partial charge >= 0.3 is 0 Å². The number of rotatable bonds is 8. The number of amides is 2. The number of nitrogens with zero attached hydrogens (tertiary/aromatic N) is 2. The van der Waals surface area contributed by atoms with Gasteiger partial charge in [0.15, 0.2) is 0 Å². The number of hydrogen-bond donors (Lipinski definition) is 3. The van der Waals surface area contributed by atoms with Crippen molar-refractivity contribution >= 4 is 46.3 Å². The van der Waals surface area contributed by atoms with Crippen LogP contribution < -0.4 is 10.6 Å². The number of thioether (sulfide) groups is 1. The zero-order chi connectivity index (χ0) is 22.3. The summed E-state index contributed by atoms with van der Waals surface area (Å²) in [7, 11) is 0. The third-order valence-electron chi connectivity index (χ3n) is 4.49. The van der Waals surface area contributed by atoms with Gasteiger partial charge in [-0.15, -0.1) is 16.4 Å². The summed E-state index contributed by atoms with van der Waals surface area (Å²) < 4.78 is 0. The molecule has 0 saturated carbocycles. The molecule has 2 heterocycles. The van der Waals surface area contributed by atoms with E-state index in [-0.39, 0.29) is 17.6 Å². The van der Waals surface area contributed by atoms with Gasteiger partial charge in [-0.3, -0.25) is 14.7 Å². The minimum Gasteiger partial charge on any atom is -0.325 e. The van der Waals surface area contributed by atoms with Crippen LogP contribution in [0.5, 0.6) is 0 Å². The van der Waals surface area contributed by atoms with Gasteiger partial charge in [-0.2, -0.15) is 0 Å². The zero-order valence-corrected chi connectivity index (χ0v) is 18.9. The Labute approximate surface area is 193 Å². The molecule has 0 aliphatic heterocycles. The van der Waals surface area contributed by atoms with Crippen molar-refractivity contribution in [3.05, 3.63) is 87.9 Å². The molecule has 3 N–H and O–H groups in total. The maximum absolute atomic E-state index is 12.7. The highest BCUT2D eigenvalue weighted by Gasteiger charge is 2.14. The molecule has 32 heavy (non-hydrogen) atoms. The fourth-order valence-corrected chi connectivity index (χ4v) is 4.35. The third-order valence-corrected chi connectivity index (χ3v) is 6.21. The number of para-hydroxylation sites is 1. The molecule has 0 spiro atoms. The first kappa shape index (κ1) is 21.8. The van der Waals surface area contributed by atoms with Gasteiger partial charge in [-0.05, 0) is 48.2 Å². The quantitative estimate of drug-likeness (QED) is 0.328. The third kappa shape index (κ3) is 5.83. The lowest BCUT2D eigenvalue weighted by Crippen LogP contribution is -2.19. The fraction of sp³-hybridized carbons (Fsp3) is 0.130. The van der Waals surface area contributed by atoms with Gasteiger partial charge in [0.1, 0.15) is 5.82 Å². The van der Waals surface area contributed by atoms with Crippen LogP contribution in [-0.4, -0.2) is 32.7 Å². The van der Waals surface area contributed by atoms with Crippen molar-refractivity contribution in [3.63, 3.8) is 0 Å². The topological polar surface area (TPSA) is 99.8 Å². The molecule has 4 rings (SSSR count).